The van der Waals surface area contributed by atoms with Gasteiger partial charge < -0.3 is 24.1 Å². The molecule has 0 radical (unpaired) electrons. The normalized spacial score (nSPS) is 40.5. The van der Waals surface area contributed by atoms with Crippen molar-refractivity contribution in [1.82, 2.24) is 0 Å². The molecule has 3 fully saturated rings. The zero-order valence-electron chi connectivity index (χ0n) is 19.7. The Balaban J connectivity index is 1.78. The summed E-state index contributed by atoms with van der Waals surface area (Å²) in [7, 11) is 1.74. The number of carbonyl (C=O) groups is 1. The highest BCUT2D eigenvalue weighted by atomic mass is 16.6. The van der Waals surface area contributed by atoms with Crippen LogP contribution >= 0.6 is 0 Å². The Labute approximate surface area is 187 Å². The van der Waals surface area contributed by atoms with E-state index in [2.05, 4.69) is 26.8 Å². The Hall–Kier alpha value is -0.950. The lowest BCUT2D eigenvalue weighted by Crippen LogP contribution is -2.42. The molecule has 1 unspecified atom stereocenters. The summed E-state index contributed by atoms with van der Waals surface area (Å²) >= 11 is 0. The summed E-state index contributed by atoms with van der Waals surface area (Å²) in [5.74, 6) is 0.754. The molecule has 4 bridgehead atoms. The predicted octanol–water partition coefficient (Wildman–Crippen LogP) is 4.18. The largest absolute Gasteiger partial charge is 0.458 e. The van der Waals surface area contributed by atoms with Crippen molar-refractivity contribution < 1.29 is 28.8 Å². The van der Waals surface area contributed by atoms with Crippen molar-refractivity contribution >= 4 is 5.97 Å². The van der Waals surface area contributed by atoms with Gasteiger partial charge in [-0.1, -0.05) is 26.8 Å². The molecule has 0 aromatic rings. The number of aliphatic hydroxyl groups excluding tert-OH is 1. The number of rotatable bonds is 4. The number of esters is 1. The van der Waals surface area contributed by atoms with Crippen molar-refractivity contribution in [3.63, 3.8) is 0 Å². The first-order valence-corrected chi connectivity index (χ1v) is 12.2. The molecule has 0 saturated carbocycles. The van der Waals surface area contributed by atoms with Crippen LogP contribution in [0.1, 0.15) is 78.6 Å². The van der Waals surface area contributed by atoms with Gasteiger partial charge in [0.25, 0.3) is 0 Å². The minimum Gasteiger partial charge on any atom is -0.458 e. The van der Waals surface area contributed by atoms with Gasteiger partial charge in [0.05, 0.1) is 43.0 Å². The SMILES string of the molecule is CO[C@H]1C[C@@H]2C[C@H](O)CC(CC(=O)O[C@@H](/C=C/CC(C)C)C[C@@H]3CC[C@H](C)[C@@H](C1)O3)O2. The zero-order chi connectivity index (χ0) is 22.4. The maximum Gasteiger partial charge on any atom is 0.309 e. The summed E-state index contributed by atoms with van der Waals surface area (Å²) in [6.45, 7) is 6.59. The van der Waals surface area contributed by atoms with Crippen molar-refractivity contribution in [1.29, 1.82) is 0 Å². The number of methoxy groups -OCH3 is 1. The minimum atomic E-state index is -0.460. The van der Waals surface area contributed by atoms with E-state index in [9.17, 15) is 9.90 Å². The number of fused-ring (bicyclic) bond motifs is 4. The molecule has 178 valence electrons. The fourth-order valence-electron chi connectivity index (χ4n) is 5.09. The third kappa shape index (κ3) is 7.85. The standard InChI is InChI=1S/C25H42O6/c1-16(2)6-5-7-19-12-20-9-8-17(3)24(30-20)14-21(28-4)13-22-10-18(26)11-23(29-22)15-25(27)31-19/h5,7,16-24,26H,6,8-15H2,1-4H3/b7-5+/t17-,18-,19-,20-,21-,22-,23?,24+/m0/s1. The van der Waals surface area contributed by atoms with Gasteiger partial charge in [-0.05, 0) is 50.0 Å². The highest BCUT2D eigenvalue weighted by Crippen LogP contribution is 2.33. The molecule has 1 N–H and O–H groups in total. The summed E-state index contributed by atoms with van der Waals surface area (Å²) in [5.41, 5.74) is 0. The van der Waals surface area contributed by atoms with E-state index >= 15 is 0 Å². The van der Waals surface area contributed by atoms with Crippen LogP contribution in [0, 0.1) is 11.8 Å². The van der Waals surface area contributed by atoms with E-state index in [1.165, 1.54) is 0 Å². The monoisotopic (exact) mass is 438 g/mol. The highest BCUT2D eigenvalue weighted by Gasteiger charge is 2.36. The number of ether oxygens (including phenoxy) is 4. The van der Waals surface area contributed by atoms with Gasteiger partial charge in [-0.15, -0.1) is 0 Å². The zero-order valence-corrected chi connectivity index (χ0v) is 19.7. The summed E-state index contributed by atoms with van der Waals surface area (Å²) in [5, 5.41) is 10.4. The third-order valence-electron chi connectivity index (χ3n) is 6.89. The maximum absolute atomic E-state index is 12.7. The molecule has 6 nitrogen and oxygen atoms in total. The Kier molecular flexibility index (Phi) is 9.38. The number of carbonyl (C=O) groups excluding carboxylic acids is 1. The van der Waals surface area contributed by atoms with Crippen molar-refractivity contribution in [2.75, 3.05) is 7.11 Å². The van der Waals surface area contributed by atoms with Crippen LogP contribution in [0.15, 0.2) is 12.2 Å². The number of hydrogen-bond donors (Lipinski definition) is 1. The summed E-state index contributed by atoms with van der Waals surface area (Å²) in [4.78, 5) is 12.7. The van der Waals surface area contributed by atoms with Gasteiger partial charge in [-0.2, -0.15) is 0 Å². The van der Waals surface area contributed by atoms with Gasteiger partial charge >= 0.3 is 5.97 Å². The van der Waals surface area contributed by atoms with E-state index in [1.54, 1.807) is 7.11 Å². The van der Waals surface area contributed by atoms with Crippen molar-refractivity contribution in [3.8, 4) is 0 Å². The van der Waals surface area contributed by atoms with E-state index < -0.39 is 6.10 Å². The maximum atomic E-state index is 12.7. The lowest BCUT2D eigenvalue weighted by Gasteiger charge is -2.39. The Morgan fingerprint density at radius 1 is 1.06 bits per heavy atom. The molecule has 3 heterocycles. The van der Waals surface area contributed by atoms with Gasteiger partial charge in [-0.3, -0.25) is 4.79 Å². The summed E-state index contributed by atoms with van der Waals surface area (Å²) < 4.78 is 24.3. The van der Waals surface area contributed by atoms with Gasteiger partial charge in [-0.25, -0.2) is 0 Å². The summed E-state index contributed by atoms with van der Waals surface area (Å²) in [6.07, 6.45) is 9.64. The van der Waals surface area contributed by atoms with Crippen molar-refractivity contribution in [2.24, 2.45) is 11.8 Å². The summed E-state index contributed by atoms with van der Waals surface area (Å²) in [6, 6.07) is 0. The van der Waals surface area contributed by atoms with E-state index in [1.807, 2.05) is 6.08 Å². The fraction of sp³-hybridized carbons (Fsp3) is 0.880. The molecule has 0 aliphatic carbocycles. The van der Waals surface area contributed by atoms with Crippen LogP contribution in [0.2, 0.25) is 0 Å². The number of hydrogen-bond acceptors (Lipinski definition) is 6. The average molecular weight is 439 g/mol. The third-order valence-corrected chi connectivity index (χ3v) is 6.89. The molecule has 3 rings (SSSR count). The van der Waals surface area contributed by atoms with Crippen molar-refractivity contribution in [3.05, 3.63) is 12.2 Å². The molecular weight excluding hydrogens is 396 g/mol. The first-order valence-electron chi connectivity index (χ1n) is 12.2. The van der Waals surface area contributed by atoms with E-state index in [-0.39, 0.29) is 49.0 Å². The molecule has 0 aromatic heterocycles. The molecular formula is C25H42O6. The topological polar surface area (TPSA) is 74.2 Å². The van der Waals surface area contributed by atoms with Crippen LogP contribution in [-0.4, -0.2) is 60.9 Å². The highest BCUT2D eigenvalue weighted by molar-refractivity contribution is 5.70. The number of allylic oxidation sites excluding steroid dienone is 1. The van der Waals surface area contributed by atoms with Crippen LogP contribution in [0.4, 0.5) is 0 Å². The Bertz CT molecular complexity index is 591. The van der Waals surface area contributed by atoms with Crippen LogP contribution in [0.25, 0.3) is 0 Å². The second-order valence-electron chi connectivity index (χ2n) is 10.2. The first kappa shape index (κ1) is 24.7. The molecule has 0 spiro atoms. The average Bonchev–Trinajstić information content (AvgIpc) is 2.68. The molecule has 31 heavy (non-hydrogen) atoms. The van der Waals surface area contributed by atoms with Gasteiger partial charge in [0, 0.05) is 26.4 Å². The van der Waals surface area contributed by atoms with Gasteiger partial charge in [0.15, 0.2) is 0 Å². The Morgan fingerprint density at radius 3 is 2.58 bits per heavy atom. The quantitative estimate of drug-likeness (QED) is 0.524. The number of aliphatic hydroxyl groups is 1. The molecule has 3 aliphatic rings. The van der Waals surface area contributed by atoms with Crippen LogP contribution in [0.3, 0.4) is 0 Å². The second kappa shape index (κ2) is 11.8. The van der Waals surface area contributed by atoms with Crippen LogP contribution in [0.5, 0.6) is 0 Å². The lowest BCUT2D eigenvalue weighted by atomic mass is 9.87. The van der Waals surface area contributed by atoms with Crippen molar-refractivity contribution in [2.45, 2.75) is 121 Å². The molecule has 0 amide bonds. The lowest BCUT2D eigenvalue weighted by molar-refractivity contribution is -0.165. The van der Waals surface area contributed by atoms with E-state index in [0.29, 0.717) is 37.5 Å². The van der Waals surface area contributed by atoms with Gasteiger partial charge in [0.2, 0.25) is 0 Å². The van der Waals surface area contributed by atoms with Gasteiger partial charge in [0.1, 0.15) is 6.10 Å². The smallest absolute Gasteiger partial charge is 0.309 e. The first-order chi connectivity index (χ1) is 14.8. The predicted molar refractivity (Wildman–Crippen MR) is 119 cm³/mol. The van der Waals surface area contributed by atoms with E-state index in [4.69, 9.17) is 18.9 Å². The molecule has 3 aliphatic heterocycles. The van der Waals surface area contributed by atoms with Crippen LogP contribution < -0.4 is 0 Å². The minimum absolute atomic E-state index is 0.0128. The van der Waals surface area contributed by atoms with E-state index in [0.717, 1.165) is 25.7 Å². The second-order valence-corrected chi connectivity index (χ2v) is 10.2. The molecule has 8 atom stereocenters. The molecule has 0 aromatic carbocycles. The number of cyclic esters (lactones) is 1. The molecule has 6 heteroatoms. The molecule has 3 saturated heterocycles. The fourth-order valence-corrected chi connectivity index (χ4v) is 5.09. The van der Waals surface area contributed by atoms with Crippen LogP contribution in [-0.2, 0) is 23.7 Å². The Morgan fingerprint density at radius 2 is 1.84 bits per heavy atom.